The number of nitrogens with zero attached hydrogens (tertiary/aromatic N) is 4. The molecular weight excluding hydrogens is 418 g/mol. The summed E-state index contributed by atoms with van der Waals surface area (Å²) in [6.45, 7) is 2.44. The Morgan fingerprint density at radius 3 is 2.57 bits per heavy atom. The number of imidazole rings is 1. The summed E-state index contributed by atoms with van der Waals surface area (Å²) in [7, 11) is 0. The van der Waals surface area contributed by atoms with Crippen LogP contribution < -0.4 is 5.32 Å². The van der Waals surface area contributed by atoms with Gasteiger partial charge in [0.15, 0.2) is 0 Å². The maximum atomic E-state index is 12.9. The molecule has 1 amide bonds. The summed E-state index contributed by atoms with van der Waals surface area (Å²) < 4.78 is 4.62. The summed E-state index contributed by atoms with van der Waals surface area (Å²) in [6, 6.07) is 19.5. The molecule has 4 aromatic rings. The van der Waals surface area contributed by atoms with Gasteiger partial charge in [0.2, 0.25) is 0 Å². The predicted molar refractivity (Wildman–Crippen MR) is 112 cm³/mol. The Morgan fingerprint density at radius 1 is 1.07 bits per heavy atom. The van der Waals surface area contributed by atoms with Crippen LogP contribution in [0.3, 0.4) is 0 Å². The first-order valence-electron chi connectivity index (χ1n) is 8.79. The smallest absolute Gasteiger partial charge is 0.275 e. The molecule has 140 valence electrons. The molecule has 1 N–H and O–H groups in total. The van der Waals surface area contributed by atoms with Crippen LogP contribution in [0.15, 0.2) is 77.5 Å². The molecule has 0 aliphatic rings. The molecule has 6 nitrogen and oxygen atoms in total. The zero-order valence-corrected chi connectivity index (χ0v) is 16.8. The van der Waals surface area contributed by atoms with E-state index in [-0.39, 0.29) is 5.91 Å². The number of carbonyl (C=O) groups is 1. The summed E-state index contributed by atoms with van der Waals surface area (Å²) in [5.74, 6) is 1.15. The van der Waals surface area contributed by atoms with E-state index in [0.717, 1.165) is 21.5 Å². The van der Waals surface area contributed by atoms with Gasteiger partial charge in [-0.05, 0) is 36.8 Å². The summed E-state index contributed by atoms with van der Waals surface area (Å²) in [5, 5.41) is 7.29. The second-order valence-corrected chi connectivity index (χ2v) is 7.23. The number of nitrogens with one attached hydrogen (secondary N) is 1. The van der Waals surface area contributed by atoms with Crippen molar-refractivity contribution in [1.82, 2.24) is 19.3 Å². The number of hydrogen-bond donors (Lipinski definition) is 1. The SMILES string of the molecule is Cc1ncc(C(=O)Nc2ccnn2Cc2ccc(Br)cc2)n1-c1ccccc1. The van der Waals surface area contributed by atoms with Crippen molar-refractivity contribution in [2.75, 3.05) is 5.32 Å². The normalized spacial score (nSPS) is 10.8. The van der Waals surface area contributed by atoms with Gasteiger partial charge in [0.25, 0.3) is 5.91 Å². The number of anilines is 1. The van der Waals surface area contributed by atoms with Gasteiger partial charge in [-0.2, -0.15) is 5.10 Å². The zero-order chi connectivity index (χ0) is 19.5. The van der Waals surface area contributed by atoms with Crippen molar-refractivity contribution in [2.45, 2.75) is 13.5 Å². The molecule has 0 spiro atoms. The first kappa shape index (κ1) is 18.2. The molecule has 2 aromatic carbocycles. The number of aryl methyl sites for hydroxylation is 1. The van der Waals surface area contributed by atoms with Gasteiger partial charge in [-0.15, -0.1) is 0 Å². The minimum Gasteiger partial charge on any atom is -0.305 e. The van der Waals surface area contributed by atoms with E-state index in [2.05, 4.69) is 31.3 Å². The summed E-state index contributed by atoms with van der Waals surface area (Å²) in [4.78, 5) is 17.3. The molecule has 0 fully saturated rings. The zero-order valence-electron chi connectivity index (χ0n) is 15.2. The fourth-order valence-corrected chi connectivity index (χ4v) is 3.28. The van der Waals surface area contributed by atoms with Crippen LogP contribution in [-0.4, -0.2) is 25.2 Å². The van der Waals surface area contributed by atoms with Gasteiger partial charge in [0.1, 0.15) is 17.3 Å². The standard InChI is InChI=1S/C21H18BrN5O/c1-15-23-13-19(27(15)18-5-3-2-4-6-18)21(28)25-20-11-12-24-26(20)14-16-7-9-17(22)10-8-16/h2-13H,14H2,1H3,(H,25,28). The Morgan fingerprint density at radius 2 is 1.82 bits per heavy atom. The monoisotopic (exact) mass is 435 g/mol. The third kappa shape index (κ3) is 3.75. The molecule has 0 atom stereocenters. The second kappa shape index (κ2) is 7.82. The third-order valence-corrected chi connectivity index (χ3v) is 4.92. The van der Waals surface area contributed by atoms with Crippen LogP contribution in [-0.2, 0) is 6.54 Å². The number of hydrogen-bond acceptors (Lipinski definition) is 3. The molecule has 0 bridgehead atoms. The van der Waals surface area contributed by atoms with E-state index in [1.54, 1.807) is 23.1 Å². The molecule has 0 aliphatic carbocycles. The van der Waals surface area contributed by atoms with Crippen molar-refractivity contribution in [3.8, 4) is 5.69 Å². The maximum absolute atomic E-state index is 12.9. The third-order valence-electron chi connectivity index (χ3n) is 4.39. The number of para-hydroxylation sites is 1. The van der Waals surface area contributed by atoms with Gasteiger partial charge in [-0.1, -0.05) is 46.3 Å². The predicted octanol–water partition coefficient (Wildman–Crippen LogP) is 4.44. The lowest BCUT2D eigenvalue weighted by Gasteiger charge is -2.12. The second-order valence-electron chi connectivity index (χ2n) is 6.32. The quantitative estimate of drug-likeness (QED) is 0.503. The molecule has 7 heteroatoms. The van der Waals surface area contributed by atoms with Crippen molar-refractivity contribution >= 4 is 27.7 Å². The first-order valence-corrected chi connectivity index (χ1v) is 9.58. The van der Waals surface area contributed by atoms with E-state index in [4.69, 9.17) is 0 Å². The van der Waals surface area contributed by atoms with Crippen LogP contribution >= 0.6 is 15.9 Å². The molecular formula is C21H18BrN5O. The van der Waals surface area contributed by atoms with Crippen molar-refractivity contribution in [1.29, 1.82) is 0 Å². The van der Waals surface area contributed by atoms with Gasteiger partial charge in [-0.25, -0.2) is 9.67 Å². The minimum atomic E-state index is -0.234. The molecule has 2 heterocycles. The number of halogens is 1. The summed E-state index contributed by atoms with van der Waals surface area (Å²) in [5.41, 5.74) is 2.46. The van der Waals surface area contributed by atoms with E-state index in [9.17, 15) is 4.79 Å². The largest absolute Gasteiger partial charge is 0.305 e. The molecule has 0 radical (unpaired) electrons. The summed E-state index contributed by atoms with van der Waals surface area (Å²) in [6.07, 6.45) is 3.27. The average Bonchev–Trinajstić information content (AvgIpc) is 3.30. The Labute approximate surface area is 171 Å². The molecule has 0 saturated heterocycles. The average molecular weight is 436 g/mol. The maximum Gasteiger partial charge on any atom is 0.275 e. The number of carbonyl (C=O) groups excluding carboxylic acids is 1. The van der Waals surface area contributed by atoms with E-state index in [1.807, 2.05) is 66.1 Å². The lowest BCUT2D eigenvalue weighted by molar-refractivity contribution is 0.101. The van der Waals surface area contributed by atoms with Crippen LogP contribution in [0.4, 0.5) is 5.82 Å². The van der Waals surface area contributed by atoms with Crippen molar-refractivity contribution in [2.24, 2.45) is 0 Å². The number of amides is 1. The Hall–Kier alpha value is -3.19. The van der Waals surface area contributed by atoms with Gasteiger partial charge in [0, 0.05) is 16.2 Å². The first-order chi connectivity index (χ1) is 13.6. The van der Waals surface area contributed by atoms with Crippen LogP contribution in [0, 0.1) is 6.92 Å². The van der Waals surface area contributed by atoms with Gasteiger partial charge >= 0.3 is 0 Å². The van der Waals surface area contributed by atoms with Crippen LogP contribution in [0.2, 0.25) is 0 Å². The highest BCUT2D eigenvalue weighted by Gasteiger charge is 2.17. The van der Waals surface area contributed by atoms with Crippen LogP contribution in [0.1, 0.15) is 21.9 Å². The Kier molecular flexibility index (Phi) is 5.08. The van der Waals surface area contributed by atoms with Crippen molar-refractivity contribution < 1.29 is 4.79 Å². The van der Waals surface area contributed by atoms with Crippen LogP contribution in [0.5, 0.6) is 0 Å². The fourth-order valence-electron chi connectivity index (χ4n) is 3.02. The van der Waals surface area contributed by atoms with E-state index in [0.29, 0.717) is 18.1 Å². The Balaban J connectivity index is 1.58. The van der Waals surface area contributed by atoms with Gasteiger partial charge < -0.3 is 5.32 Å². The molecule has 2 aromatic heterocycles. The lowest BCUT2D eigenvalue weighted by Crippen LogP contribution is -2.19. The van der Waals surface area contributed by atoms with Gasteiger partial charge in [0.05, 0.1) is 18.9 Å². The topological polar surface area (TPSA) is 64.7 Å². The molecule has 4 rings (SSSR count). The van der Waals surface area contributed by atoms with Crippen molar-refractivity contribution in [3.63, 3.8) is 0 Å². The minimum absolute atomic E-state index is 0.234. The fraction of sp³-hybridized carbons (Fsp3) is 0.0952. The highest BCUT2D eigenvalue weighted by molar-refractivity contribution is 9.10. The molecule has 0 aliphatic heterocycles. The number of aromatic nitrogens is 4. The Bertz CT molecular complexity index is 1100. The molecule has 0 unspecified atom stereocenters. The van der Waals surface area contributed by atoms with E-state index < -0.39 is 0 Å². The summed E-state index contributed by atoms with van der Waals surface area (Å²) >= 11 is 3.44. The van der Waals surface area contributed by atoms with Gasteiger partial charge in [-0.3, -0.25) is 9.36 Å². The van der Waals surface area contributed by atoms with Crippen LogP contribution in [0.25, 0.3) is 5.69 Å². The molecule has 0 saturated carbocycles. The lowest BCUT2D eigenvalue weighted by atomic mass is 10.2. The molecule has 28 heavy (non-hydrogen) atoms. The van der Waals surface area contributed by atoms with E-state index in [1.165, 1.54) is 0 Å². The number of rotatable bonds is 5. The highest BCUT2D eigenvalue weighted by Crippen LogP contribution is 2.18. The van der Waals surface area contributed by atoms with Crippen molar-refractivity contribution in [3.05, 3.63) is 94.6 Å². The van der Waals surface area contributed by atoms with E-state index >= 15 is 0 Å². The highest BCUT2D eigenvalue weighted by atomic mass is 79.9. The number of benzene rings is 2.